The minimum absolute atomic E-state index is 0.0858. The number of halogens is 3. The van der Waals surface area contributed by atoms with E-state index in [4.69, 9.17) is 11.6 Å². The minimum Gasteiger partial charge on any atom is -0.504 e. The van der Waals surface area contributed by atoms with Crippen molar-refractivity contribution in [3.8, 4) is 5.75 Å². The van der Waals surface area contributed by atoms with Crippen LogP contribution in [0.2, 0.25) is 5.02 Å². The zero-order valence-electron chi connectivity index (χ0n) is 19.8. The molecule has 0 spiro atoms. The topological polar surface area (TPSA) is 23.5 Å². The van der Waals surface area contributed by atoms with Gasteiger partial charge in [0.25, 0.3) is 0 Å². The van der Waals surface area contributed by atoms with E-state index in [2.05, 4.69) is 82.1 Å². The molecular formula is C30H28ClFINOS. The Labute approximate surface area is 235 Å². The van der Waals surface area contributed by atoms with Crippen LogP contribution in [0, 0.1) is 9.39 Å². The van der Waals surface area contributed by atoms with Crippen molar-refractivity contribution in [1.29, 1.82) is 0 Å². The highest BCUT2D eigenvalue weighted by atomic mass is 127. The maximum Gasteiger partial charge on any atom is 0.157 e. The molecule has 4 aromatic carbocycles. The van der Waals surface area contributed by atoms with Crippen LogP contribution in [0.1, 0.15) is 22.3 Å². The third-order valence-electron chi connectivity index (χ3n) is 5.98. The molecule has 6 heteroatoms. The van der Waals surface area contributed by atoms with E-state index in [9.17, 15) is 9.50 Å². The normalized spacial score (nSPS) is 11.0. The molecule has 0 heterocycles. The summed E-state index contributed by atoms with van der Waals surface area (Å²) in [6, 6.07) is 29.5. The number of rotatable bonds is 11. The zero-order chi connectivity index (χ0) is 25.3. The second kappa shape index (κ2) is 13.4. The molecule has 4 rings (SSSR count). The zero-order valence-corrected chi connectivity index (χ0v) is 23.6. The van der Waals surface area contributed by atoms with E-state index >= 15 is 0 Å². The molecule has 0 aromatic heterocycles. The van der Waals surface area contributed by atoms with Gasteiger partial charge in [0.1, 0.15) is 5.82 Å². The summed E-state index contributed by atoms with van der Waals surface area (Å²) in [7, 11) is 0. The van der Waals surface area contributed by atoms with Crippen LogP contribution >= 0.6 is 46.0 Å². The van der Waals surface area contributed by atoms with E-state index in [1.54, 1.807) is 18.2 Å². The molecule has 0 unspecified atom stereocenters. The SMILES string of the molecule is Oc1c(Cl)cc(I)cc1N(CCc1ccc(F)cc1)Cc1ccc(CSCCc2ccccc2)cc1. The Hall–Kier alpha value is -2.22. The number of aryl methyl sites for hydroxylation is 1. The highest BCUT2D eigenvalue weighted by Gasteiger charge is 2.16. The van der Waals surface area contributed by atoms with Crippen molar-refractivity contribution in [2.45, 2.75) is 25.1 Å². The molecule has 2 nitrogen and oxygen atoms in total. The van der Waals surface area contributed by atoms with Crippen LogP contribution in [0.4, 0.5) is 10.1 Å². The third kappa shape index (κ3) is 7.89. The lowest BCUT2D eigenvalue weighted by Crippen LogP contribution is -2.25. The molecule has 0 atom stereocenters. The fraction of sp³-hybridized carbons (Fsp3) is 0.200. The van der Waals surface area contributed by atoms with Crippen LogP contribution in [-0.2, 0) is 25.1 Å². The van der Waals surface area contributed by atoms with Crippen molar-refractivity contribution < 1.29 is 9.50 Å². The second-order valence-corrected chi connectivity index (χ2v) is 11.4. The first kappa shape index (κ1) is 26.8. The largest absolute Gasteiger partial charge is 0.504 e. The number of anilines is 1. The highest BCUT2D eigenvalue weighted by molar-refractivity contribution is 14.1. The van der Waals surface area contributed by atoms with Gasteiger partial charge in [0.2, 0.25) is 0 Å². The van der Waals surface area contributed by atoms with Gasteiger partial charge in [-0.1, -0.05) is 78.3 Å². The molecule has 0 fully saturated rings. The van der Waals surface area contributed by atoms with Gasteiger partial charge in [0.05, 0.1) is 10.7 Å². The van der Waals surface area contributed by atoms with Crippen LogP contribution < -0.4 is 4.90 Å². The van der Waals surface area contributed by atoms with Crippen molar-refractivity contribution in [1.82, 2.24) is 0 Å². The lowest BCUT2D eigenvalue weighted by molar-refractivity contribution is 0.473. The molecule has 0 aliphatic heterocycles. The lowest BCUT2D eigenvalue weighted by Gasteiger charge is -2.27. The fourth-order valence-electron chi connectivity index (χ4n) is 3.98. The summed E-state index contributed by atoms with van der Waals surface area (Å²) >= 11 is 10.5. The van der Waals surface area contributed by atoms with Crippen LogP contribution in [-0.4, -0.2) is 17.4 Å². The van der Waals surface area contributed by atoms with Crippen molar-refractivity contribution in [2.24, 2.45) is 0 Å². The first-order valence-corrected chi connectivity index (χ1v) is 14.5. The molecule has 36 heavy (non-hydrogen) atoms. The Morgan fingerprint density at radius 1 is 0.806 bits per heavy atom. The number of phenols is 1. The van der Waals surface area contributed by atoms with Gasteiger partial charge in [0.15, 0.2) is 5.75 Å². The molecule has 0 saturated carbocycles. The van der Waals surface area contributed by atoms with Gasteiger partial charge in [-0.2, -0.15) is 11.8 Å². The predicted molar refractivity (Wildman–Crippen MR) is 160 cm³/mol. The number of benzene rings is 4. The molecule has 1 N–H and O–H groups in total. The Balaban J connectivity index is 1.41. The van der Waals surface area contributed by atoms with Crippen LogP contribution in [0.3, 0.4) is 0 Å². The average Bonchev–Trinajstić information content (AvgIpc) is 2.89. The second-order valence-electron chi connectivity index (χ2n) is 8.66. The Kier molecular flexibility index (Phi) is 9.96. The molecule has 0 aliphatic rings. The van der Waals surface area contributed by atoms with Crippen LogP contribution in [0.15, 0.2) is 91.0 Å². The van der Waals surface area contributed by atoms with E-state index in [0.717, 1.165) is 39.0 Å². The summed E-state index contributed by atoms with van der Waals surface area (Å²) in [4.78, 5) is 2.14. The molecule has 0 amide bonds. The van der Waals surface area contributed by atoms with Gasteiger partial charge >= 0.3 is 0 Å². The molecule has 186 valence electrons. The van der Waals surface area contributed by atoms with Crippen LogP contribution in [0.5, 0.6) is 5.75 Å². The first-order chi connectivity index (χ1) is 17.5. The highest BCUT2D eigenvalue weighted by Crippen LogP contribution is 2.37. The van der Waals surface area contributed by atoms with Crippen molar-refractivity contribution in [3.05, 3.63) is 128 Å². The van der Waals surface area contributed by atoms with Crippen LogP contribution in [0.25, 0.3) is 0 Å². The van der Waals surface area contributed by atoms with Gasteiger partial charge < -0.3 is 10.0 Å². The summed E-state index contributed by atoms with van der Waals surface area (Å²) in [6.45, 7) is 1.29. The van der Waals surface area contributed by atoms with E-state index in [-0.39, 0.29) is 11.6 Å². The monoisotopic (exact) mass is 631 g/mol. The third-order valence-corrected chi connectivity index (χ3v) is 7.92. The summed E-state index contributed by atoms with van der Waals surface area (Å²) < 4.78 is 14.3. The summed E-state index contributed by atoms with van der Waals surface area (Å²) in [6.07, 6.45) is 1.80. The lowest BCUT2D eigenvalue weighted by atomic mass is 10.1. The Morgan fingerprint density at radius 3 is 2.17 bits per heavy atom. The number of hydrogen-bond acceptors (Lipinski definition) is 3. The summed E-state index contributed by atoms with van der Waals surface area (Å²) in [5.74, 6) is 1.92. The molecule has 0 aliphatic carbocycles. The summed E-state index contributed by atoms with van der Waals surface area (Å²) in [5, 5.41) is 11.1. The van der Waals surface area contributed by atoms with E-state index < -0.39 is 0 Å². The standard InChI is InChI=1S/C30H28ClFINOS/c31-28-18-27(33)19-29(30(28)35)34(16-14-23-10-12-26(32)13-11-23)20-24-6-8-25(9-7-24)21-36-17-15-22-4-2-1-3-5-22/h1-13,18-19,35H,14-17,20-21H2. The fourth-order valence-corrected chi connectivity index (χ4v) is 5.94. The van der Waals surface area contributed by atoms with Crippen molar-refractivity contribution in [3.63, 3.8) is 0 Å². The van der Waals surface area contributed by atoms with Gasteiger partial charge in [-0.05, 0) is 87.7 Å². The number of phenolic OH excluding ortho intramolecular Hbond substituents is 1. The smallest absolute Gasteiger partial charge is 0.157 e. The Bertz CT molecular complexity index is 1250. The van der Waals surface area contributed by atoms with E-state index in [1.807, 2.05) is 17.8 Å². The van der Waals surface area contributed by atoms with Gasteiger partial charge in [-0.25, -0.2) is 4.39 Å². The van der Waals surface area contributed by atoms with E-state index in [0.29, 0.717) is 23.8 Å². The number of aromatic hydroxyl groups is 1. The predicted octanol–water partition coefficient (Wildman–Crippen LogP) is 8.51. The molecule has 4 aromatic rings. The molecule has 0 bridgehead atoms. The molecule has 0 saturated heterocycles. The number of thioether (sulfide) groups is 1. The van der Waals surface area contributed by atoms with Gasteiger partial charge in [-0.3, -0.25) is 0 Å². The maximum atomic E-state index is 13.3. The maximum absolute atomic E-state index is 13.3. The Morgan fingerprint density at radius 2 is 1.44 bits per heavy atom. The first-order valence-electron chi connectivity index (χ1n) is 11.8. The van der Waals surface area contributed by atoms with Crippen molar-refractivity contribution in [2.75, 3.05) is 17.2 Å². The average molecular weight is 632 g/mol. The summed E-state index contributed by atoms with van der Waals surface area (Å²) in [5.41, 5.74) is 5.58. The van der Waals surface area contributed by atoms with Gasteiger partial charge in [-0.15, -0.1) is 0 Å². The minimum atomic E-state index is -0.240. The van der Waals surface area contributed by atoms with Crippen molar-refractivity contribution >= 4 is 51.6 Å². The quantitative estimate of drug-likeness (QED) is 0.133. The van der Waals surface area contributed by atoms with Gasteiger partial charge in [0, 0.05) is 22.4 Å². The van der Waals surface area contributed by atoms with E-state index in [1.165, 1.54) is 23.3 Å². The number of hydrogen-bond donors (Lipinski definition) is 1. The number of nitrogens with zero attached hydrogens (tertiary/aromatic N) is 1. The molecule has 0 radical (unpaired) electrons. The molecular weight excluding hydrogens is 604 g/mol.